The number of allylic oxidation sites excluding steroid dienone is 4. The summed E-state index contributed by atoms with van der Waals surface area (Å²) in [5.41, 5.74) is 0. The predicted octanol–water partition coefficient (Wildman–Crippen LogP) is 10.6. The molecule has 0 aromatic carbocycles. The van der Waals surface area contributed by atoms with Crippen LogP contribution in [-0.2, 0) is 33.4 Å². The molecule has 12 heteroatoms. The monoisotopic (exact) mass is 904 g/mol. The van der Waals surface area contributed by atoms with Crippen LogP contribution in [0.2, 0.25) is 0 Å². The summed E-state index contributed by atoms with van der Waals surface area (Å²) in [7, 11) is 0. The van der Waals surface area contributed by atoms with E-state index in [4.69, 9.17) is 9.47 Å². The van der Waals surface area contributed by atoms with Gasteiger partial charge in [-0.1, -0.05) is 147 Å². The van der Waals surface area contributed by atoms with Crippen molar-refractivity contribution in [1.29, 1.82) is 0 Å². The van der Waals surface area contributed by atoms with Gasteiger partial charge in [0.15, 0.2) is 5.79 Å². The first-order valence-electron chi connectivity index (χ1n) is 25.9. The minimum atomic E-state index is -0.992. The lowest BCUT2D eigenvalue weighted by atomic mass is 10.1. The lowest BCUT2D eigenvalue weighted by Crippen LogP contribution is -2.53. The Bertz CT molecular complexity index is 1240. The van der Waals surface area contributed by atoms with Crippen LogP contribution in [0.5, 0.6) is 0 Å². The second-order valence-corrected chi connectivity index (χ2v) is 18.0. The van der Waals surface area contributed by atoms with Crippen molar-refractivity contribution >= 4 is 29.5 Å². The molecule has 2 atom stereocenters. The second-order valence-electron chi connectivity index (χ2n) is 18.0. The van der Waals surface area contributed by atoms with Gasteiger partial charge in [0, 0.05) is 39.4 Å². The third kappa shape index (κ3) is 41.5. The first-order valence-corrected chi connectivity index (χ1v) is 25.9. The van der Waals surface area contributed by atoms with Gasteiger partial charge in [0.1, 0.15) is 12.1 Å². The number of carbonyl (C=O) groups excluding carboxylic acids is 5. The third-order valence-corrected chi connectivity index (χ3v) is 11.3. The van der Waals surface area contributed by atoms with E-state index in [2.05, 4.69) is 64.7 Å². The molecular weight excluding hydrogens is 807 g/mol. The maximum Gasteiger partial charge on any atom is 0.244 e. The summed E-state index contributed by atoms with van der Waals surface area (Å²) < 4.78 is 11.6. The summed E-state index contributed by atoms with van der Waals surface area (Å²) in [6, 6.07) is -1.56. The van der Waals surface area contributed by atoms with E-state index in [0.717, 1.165) is 70.6 Å². The molecule has 0 aliphatic carbocycles. The fraction of sp³-hybridized carbons (Fsp3) is 0.827. The van der Waals surface area contributed by atoms with Crippen molar-refractivity contribution in [2.24, 2.45) is 0 Å². The van der Waals surface area contributed by atoms with Gasteiger partial charge in [0.05, 0.1) is 13.2 Å². The average Bonchev–Trinajstić information content (AvgIpc) is 3.26. The number of unbranched alkanes of at least 4 members (excludes halogenated alkanes) is 23. The zero-order valence-corrected chi connectivity index (χ0v) is 41.9. The quantitative estimate of drug-likeness (QED) is 0.0231. The normalized spacial score (nSPS) is 12.7. The highest BCUT2D eigenvalue weighted by atomic mass is 16.7. The summed E-state index contributed by atoms with van der Waals surface area (Å²) >= 11 is 0. The number of amides is 5. The Kier molecular flexibility index (Phi) is 41.4. The molecule has 0 saturated carbocycles. The van der Waals surface area contributed by atoms with Gasteiger partial charge in [-0.25, -0.2) is 0 Å². The fourth-order valence-corrected chi connectivity index (χ4v) is 7.30. The molecule has 0 aliphatic rings. The van der Waals surface area contributed by atoms with Gasteiger partial charge in [-0.3, -0.25) is 24.0 Å². The number of ether oxygens (including phenoxy) is 2. The smallest absolute Gasteiger partial charge is 0.244 e. The van der Waals surface area contributed by atoms with Gasteiger partial charge in [0.2, 0.25) is 29.5 Å². The zero-order valence-electron chi connectivity index (χ0n) is 41.9. The van der Waals surface area contributed by atoms with Crippen LogP contribution in [-0.4, -0.2) is 80.3 Å². The molecule has 12 nitrogen and oxygen atoms in total. The van der Waals surface area contributed by atoms with Crippen LogP contribution < -0.4 is 26.6 Å². The van der Waals surface area contributed by atoms with Crippen molar-refractivity contribution in [2.45, 2.75) is 246 Å². The van der Waals surface area contributed by atoms with Crippen molar-refractivity contribution in [3.8, 4) is 0 Å². The maximum absolute atomic E-state index is 13.3. The van der Waals surface area contributed by atoms with E-state index in [1.807, 2.05) is 0 Å². The van der Waals surface area contributed by atoms with Gasteiger partial charge < -0.3 is 36.1 Å². The Hall–Kier alpha value is -3.25. The Morgan fingerprint density at radius 1 is 0.484 bits per heavy atom. The molecule has 0 heterocycles. The van der Waals surface area contributed by atoms with E-state index >= 15 is 0 Å². The highest BCUT2D eigenvalue weighted by Gasteiger charge is 2.23. The van der Waals surface area contributed by atoms with Gasteiger partial charge in [-0.15, -0.1) is 0 Å². The summed E-state index contributed by atoms with van der Waals surface area (Å²) in [5.74, 6) is -2.32. The molecule has 0 fully saturated rings. The molecular formula is C52H97N5O7. The molecule has 5 amide bonds. The zero-order chi connectivity index (χ0) is 47.4. The molecule has 0 aliphatic heterocycles. The van der Waals surface area contributed by atoms with Crippen molar-refractivity contribution in [2.75, 3.05) is 32.8 Å². The maximum atomic E-state index is 13.3. The van der Waals surface area contributed by atoms with E-state index in [-0.39, 0.29) is 56.5 Å². The standard InChI is InChI=1S/C52H97N5O7/c1-7-9-11-13-15-17-19-21-23-25-27-29-31-33-35-37-39-49(60)57-47(44-55-48(59)38-36-34-32-30-28-26-24-22-20-18-16-14-12-10-8-2)51(62)54-41-43-64-52(5,6)63-42-40-53-50(61)45(3)56-46(4)58/h22-25,45,47H,7-21,26-44H2,1-6H3,(H,53,61)(H,54,62)(H,55,59)(H,56,58)(H,57,60). The van der Waals surface area contributed by atoms with Crippen molar-refractivity contribution < 1.29 is 33.4 Å². The number of nitrogens with one attached hydrogen (secondary N) is 5. The summed E-state index contributed by atoms with van der Waals surface area (Å²) in [6.07, 6.45) is 42.2. The van der Waals surface area contributed by atoms with Gasteiger partial charge in [0.25, 0.3) is 0 Å². The topological polar surface area (TPSA) is 164 Å². The molecule has 0 spiro atoms. The summed E-state index contributed by atoms with van der Waals surface area (Å²) in [4.78, 5) is 62.4. The van der Waals surface area contributed by atoms with Crippen molar-refractivity contribution in [3.05, 3.63) is 24.3 Å². The summed E-state index contributed by atoms with van der Waals surface area (Å²) in [6.45, 7) is 11.7. The van der Waals surface area contributed by atoms with Crippen LogP contribution in [0.3, 0.4) is 0 Å². The molecule has 0 aromatic rings. The van der Waals surface area contributed by atoms with Gasteiger partial charge >= 0.3 is 0 Å². The molecule has 0 aromatic heterocycles. The van der Waals surface area contributed by atoms with Crippen LogP contribution in [0.25, 0.3) is 0 Å². The average molecular weight is 904 g/mol. The lowest BCUT2D eigenvalue weighted by Gasteiger charge is -2.26. The third-order valence-electron chi connectivity index (χ3n) is 11.3. The van der Waals surface area contributed by atoms with Crippen molar-refractivity contribution in [3.63, 3.8) is 0 Å². The van der Waals surface area contributed by atoms with Crippen LogP contribution >= 0.6 is 0 Å². The highest BCUT2D eigenvalue weighted by molar-refractivity contribution is 5.88. The van der Waals surface area contributed by atoms with E-state index in [9.17, 15) is 24.0 Å². The van der Waals surface area contributed by atoms with Crippen LogP contribution in [0.15, 0.2) is 24.3 Å². The lowest BCUT2D eigenvalue weighted by molar-refractivity contribution is -0.211. The second kappa shape index (κ2) is 43.6. The summed E-state index contributed by atoms with van der Waals surface area (Å²) in [5, 5.41) is 13.8. The van der Waals surface area contributed by atoms with Crippen LogP contribution in [0.4, 0.5) is 0 Å². The number of hydrogen-bond acceptors (Lipinski definition) is 7. The fourth-order valence-electron chi connectivity index (χ4n) is 7.30. The number of carbonyl (C=O) groups is 5. The van der Waals surface area contributed by atoms with E-state index in [1.165, 1.54) is 110 Å². The Morgan fingerprint density at radius 2 is 0.859 bits per heavy atom. The number of hydrogen-bond donors (Lipinski definition) is 5. The molecule has 2 unspecified atom stereocenters. The molecule has 0 bridgehead atoms. The van der Waals surface area contributed by atoms with E-state index < -0.39 is 23.8 Å². The highest BCUT2D eigenvalue weighted by Crippen LogP contribution is 2.13. The largest absolute Gasteiger partial charge is 0.353 e. The van der Waals surface area contributed by atoms with Crippen molar-refractivity contribution in [1.82, 2.24) is 26.6 Å². The van der Waals surface area contributed by atoms with E-state index in [0.29, 0.717) is 12.8 Å². The molecule has 0 radical (unpaired) electrons. The van der Waals surface area contributed by atoms with Gasteiger partial charge in [-0.05, 0) is 85.0 Å². The number of rotatable bonds is 45. The molecule has 64 heavy (non-hydrogen) atoms. The molecule has 0 saturated heterocycles. The first kappa shape index (κ1) is 60.8. The Labute approximate surface area is 391 Å². The van der Waals surface area contributed by atoms with Gasteiger partial charge in [-0.2, -0.15) is 0 Å². The minimum Gasteiger partial charge on any atom is -0.353 e. The molecule has 5 N–H and O–H groups in total. The molecule has 0 rings (SSSR count). The SMILES string of the molecule is CCCCCCCCC=CCCCCCCCC(=O)NCC(NC(=O)CCCCCCCC=CCCCCCCCCC)C(=O)NCCOC(C)(C)OCCNC(=O)C(C)NC(C)=O. The Balaban J connectivity index is 4.65. The first-order chi connectivity index (χ1) is 30.9. The minimum absolute atomic E-state index is 0.00962. The predicted molar refractivity (Wildman–Crippen MR) is 264 cm³/mol. The van der Waals surface area contributed by atoms with Crippen LogP contribution in [0, 0.1) is 0 Å². The molecule has 372 valence electrons. The van der Waals surface area contributed by atoms with Crippen LogP contribution in [0.1, 0.15) is 228 Å². The van der Waals surface area contributed by atoms with E-state index in [1.54, 1.807) is 20.8 Å². The Morgan fingerprint density at radius 3 is 1.28 bits per heavy atom.